The SMILES string of the molecule is COc1ccc(S(=O)(=O)N(CC(=O)NCc2ccc3c(c2)OCO3)c2cccc(C(F)(F)F)c2)cc1OC. The van der Waals surface area contributed by atoms with Crippen LogP contribution in [0.4, 0.5) is 18.9 Å². The molecule has 0 unspecified atom stereocenters. The molecule has 0 spiro atoms. The number of nitrogens with zero attached hydrogens (tertiary/aromatic N) is 1. The quantitative estimate of drug-likeness (QED) is 0.429. The molecule has 0 atom stereocenters. The first-order chi connectivity index (χ1) is 18.0. The Hall–Kier alpha value is -4.13. The summed E-state index contributed by atoms with van der Waals surface area (Å²) in [7, 11) is -1.85. The number of nitrogens with one attached hydrogen (secondary N) is 1. The molecule has 13 heteroatoms. The number of amides is 1. The summed E-state index contributed by atoms with van der Waals surface area (Å²) in [6, 6.07) is 12.5. The zero-order chi connectivity index (χ0) is 27.5. The molecule has 3 aromatic rings. The molecule has 0 aromatic heterocycles. The van der Waals surface area contributed by atoms with Crippen molar-refractivity contribution in [2.75, 3.05) is 31.9 Å². The van der Waals surface area contributed by atoms with Crippen LogP contribution < -0.4 is 28.6 Å². The van der Waals surface area contributed by atoms with E-state index < -0.39 is 34.2 Å². The van der Waals surface area contributed by atoms with Crippen molar-refractivity contribution in [3.05, 3.63) is 71.8 Å². The van der Waals surface area contributed by atoms with Crippen molar-refractivity contribution in [3.63, 3.8) is 0 Å². The van der Waals surface area contributed by atoms with Gasteiger partial charge in [-0.15, -0.1) is 0 Å². The number of fused-ring (bicyclic) bond motifs is 1. The molecule has 3 aromatic carbocycles. The van der Waals surface area contributed by atoms with Gasteiger partial charge in [0.2, 0.25) is 12.7 Å². The van der Waals surface area contributed by atoms with Crippen LogP contribution in [0.25, 0.3) is 0 Å². The van der Waals surface area contributed by atoms with E-state index in [2.05, 4.69) is 5.32 Å². The molecule has 0 saturated carbocycles. The summed E-state index contributed by atoms with van der Waals surface area (Å²) in [5, 5.41) is 2.59. The first-order valence-corrected chi connectivity index (χ1v) is 12.5. The lowest BCUT2D eigenvalue weighted by Crippen LogP contribution is -2.40. The van der Waals surface area contributed by atoms with Gasteiger partial charge in [-0.3, -0.25) is 9.10 Å². The Balaban J connectivity index is 1.64. The number of sulfonamides is 1. The van der Waals surface area contributed by atoms with Crippen molar-refractivity contribution in [2.24, 2.45) is 0 Å². The highest BCUT2D eigenvalue weighted by Crippen LogP contribution is 2.35. The molecule has 1 amide bonds. The molecule has 1 aliphatic heterocycles. The van der Waals surface area contributed by atoms with Gasteiger partial charge in [0.25, 0.3) is 10.0 Å². The second-order valence-electron chi connectivity index (χ2n) is 8.04. The monoisotopic (exact) mass is 552 g/mol. The lowest BCUT2D eigenvalue weighted by atomic mass is 10.2. The average Bonchev–Trinajstić information content (AvgIpc) is 3.37. The minimum Gasteiger partial charge on any atom is -0.493 e. The van der Waals surface area contributed by atoms with E-state index in [1.807, 2.05) is 0 Å². The molecule has 0 saturated heterocycles. The highest BCUT2D eigenvalue weighted by Gasteiger charge is 2.33. The highest BCUT2D eigenvalue weighted by atomic mass is 32.2. The highest BCUT2D eigenvalue weighted by molar-refractivity contribution is 7.92. The minimum absolute atomic E-state index is 0.0162. The maximum absolute atomic E-state index is 13.6. The third kappa shape index (κ3) is 5.72. The minimum atomic E-state index is -4.73. The summed E-state index contributed by atoms with van der Waals surface area (Å²) in [5.74, 6) is 0.641. The molecule has 0 aliphatic carbocycles. The number of hydrogen-bond donors (Lipinski definition) is 1. The normalized spacial score (nSPS) is 12.7. The summed E-state index contributed by atoms with van der Waals surface area (Å²) in [6.45, 7) is -0.698. The molecular formula is C25H23F3N2O7S. The van der Waals surface area contributed by atoms with E-state index in [0.29, 0.717) is 27.4 Å². The van der Waals surface area contributed by atoms with Gasteiger partial charge in [0.05, 0.1) is 30.4 Å². The fourth-order valence-corrected chi connectivity index (χ4v) is 5.12. The molecule has 1 N–H and O–H groups in total. The Morgan fingerprint density at radius 1 is 0.974 bits per heavy atom. The lowest BCUT2D eigenvalue weighted by molar-refractivity contribution is -0.137. The summed E-state index contributed by atoms with van der Waals surface area (Å²) >= 11 is 0. The number of benzene rings is 3. The largest absolute Gasteiger partial charge is 0.493 e. The van der Waals surface area contributed by atoms with Gasteiger partial charge in [-0.1, -0.05) is 12.1 Å². The maximum Gasteiger partial charge on any atom is 0.416 e. The topological polar surface area (TPSA) is 103 Å². The van der Waals surface area contributed by atoms with Gasteiger partial charge in [0.1, 0.15) is 6.54 Å². The van der Waals surface area contributed by atoms with Crippen LogP contribution in [0.15, 0.2) is 65.6 Å². The fourth-order valence-electron chi connectivity index (χ4n) is 3.69. The maximum atomic E-state index is 13.6. The van der Waals surface area contributed by atoms with E-state index in [-0.39, 0.29) is 35.4 Å². The van der Waals surface area contributed by atoms with Crippen LogP contribution in [0.5, 0.6) is 23.0 Å². The van der Waals surface area contributed by atoms with Crippen molar-refractivity contribution < 1.29 is 45.3 Å². The van der Waals surface area contributed by atoms with Crippen molar-refractivity contribution in [1.29, 1.82) is 0 Å². The number of halogens is 3. The number of carbonyl (C=O) groups excluding carboxylic acids is 1. The number of methoxy groups -OCH3 is 2. The Morgan fingerprint density at radius 3 is 2.42 bits per heavy atom. The van der Waals surface area contributed by atoms with Gasteiger partial charge in [0.15, 0.2) is 23.0 Å². The van der Waals surface area contributed by atoms with Gasteiger partial charge in [-0.05, 0) is 48.0 Å². The molecule has 1 heterocycles. The van der Waals surface area contributed by atoms with E-state index in [4.69, 9.17) is 18.9 Å². The molecule has 0 radical (unpaired) electrons. The molecule has 0 fully saturated rings. The van der Waals surface area contributed by atoms with Crippen molar-refractivity contribution >= 4 is 21.6 Å². The summed E-state index contributed by atoms with van der Waals surface area (Å²) in [5.41, 5.74) is -0.757. The van der Waals surface area contributed by atoms with Crippen LogP contribution in [0.3, 0.4) is 0 Å². The van der Waals surface area contributed by atoms with Gasteiger partial charge in [-0.2, -0.15) is 13.2 Å². The molecule has 38 heavy (non-hydrogen) atoms. The predicted octanol–water partition coefficient (Wildman–Crippen LogP) is 3.96. The van der Waals surface area contributed by atoms with Crippen LogP contribution in [-0.4, -0.2) is 41.9 Å². The van der Waals surface area contributed by atoms with Gasteiger partial charge in [0, 0.05) is 12.6 Å². The zero-order valence-electron chi connectivity index (χ0n) is 20.2. The standard InChI is InChI=1S/C25H23F3N2O7S/c1-34-20-9-7-19(12-22(20)35-2)38(32,33)30(18-5-3-4-17(11-18)25(26,27)28)14-24(31)29-13-16-6-8-21-23(10-16)37-15-36-21/h3-12H,13-15H2,1-2H3,(H,29,31). The lowest BCUT2D eigenvalue weighted by Gasteiger charge is -2.25. The molecule has 9 nitrogen and oxygen atoms in total. The van der Waals surface area contributed by atoms with E-state index in [1.165, 1.54) is 38.5 Å². The number of rotatable bonds is 9. The third-order valence-corrected chi connectivity index (χ3v) is 7.39. The van der Waals surface area contributed by atoms with E-state index >= 15 is 0 Å². The van der Waals surface area contributed by atoms with Gasteiger partial charge >= 0.3 is 6.18 Å². The number of carbonyl (C=O) groups is 1. The average molecular weight is 553 g/mol. The van der Waals surface area contributed by atoms with E-state index in [0.717, 1.165) is 12.1 Å². The Labute approximate surface area is 216 Å². The van der Waals surface area contributed by atoms with Crippen LogP contribution >= 0.6 is 0 Å². The second kappa shape index (κ2) is 10.7. The molecular weight excluding hydrogens is 529 g/mol. The third-order valence-electron chi connectivity index (χ3n) is 5.62. The summed E-state index contributed by atoms with van der Waals surface area (Å²) in [4.78, 5) is 12.6. The van der Waals surface area contributed by atoms with E-state index in [9.17, 15) is 26.4 Å². The van der Waals surface area contributed by atoms with E-state index in [1.54, 1.807) is 18.2 Å². The Kier molecular flexibility index (Phi) is 7.58. The summed E-state index contributed by atoms with van der Waals surface area (Å²) in [6.07, 6.45) is -4.73. The predicted molar refractivity (Wildman–Crippen MR) is 130 cm³/mol. The second-order valence-corrected chi connectivity index (χ2v) is 9.90. The Morgan fingerprint density at radius 2 is 1.71 bits per heavy atom. The van der Waals surface area contributed by atoms with Crippen LogP contribution in [0.1, 0.15) is 11.1 Å². The first-order valence-electron chi connectivity index (χ1n) is 11.1. The number of alkyl halides is 3. The number of hydrogen-bond acceptors (Lipinski definition) is 7. The first kappa shape index (κ1) is 26.9. The van der Waals surface area contributed by atoms with Crippen LogP contribution in [0.2, 0.25) is 0 Å². The fraction of sp³-hybridized carbons (Fsp3) is 0.240. The van der Waals surface area contributed by atoms with Crippen molar-refractivity contribution in [2.45, 2.75) is 17.6 Å². The molecule has 4 rings (SSSR count). The zero-order valence-corrected chi connectivity index (χ0v) is 21.1. The van der Waals surface area contributed by atoms with Gasteiger partial charge in [-0.25, -0.2) is 8.42 Å². The Bertz CT molecular complexity index is 1450. The summed E-state index contributed by atoms with van der Waals surface area (Å²) < 4.78 is 88.9. The van der Waals surface area contributed by atoms with Crippen molar-refractivity contribution in [3.8, 4) is 23.0 Å². The molecule has 1 aliphatic rings. The van der Waals surface area contributed by atoms with Crippen molar-refractivity contribution in [1.82, 2.24) is 5.32 Å². The smallest absolute Gasteiger partial charge is 0.416 e. The molecule has 202 valence electrons. The number of anilines is 1. The molecule has 0 bridgehead atoms. The van der Waals surface area contributed by atoms with Crippen LogP contribution in [-0.2, 0) is 27.5 Å². The van der Waals surface area contributed by atoms with Crippen LogP contribution in [0, 0.1) is 0 Å². The number of ether oxygens (including phenoxy) is 4. The van der Waals surface area contributed by atoms with Gasteiger partial charge < -0.3 is 24.3 Å².